The molecule has 2 atom stereocenters. The molecule has 31 heavy (non-hydrogen) atoms. The molecule has 4 rings (SSSR count). The first-order valence-electron chi connectivity index (χ1n) is 10.1. The number of allylic oxidation sites excluding steroid dienone is 1. The van der Waals surface area contributed by atoms with Gasteiger partial charge in [-0.15, -0.1) is 16.8 Å². The second-order valence-corrected chi connectivity index (χ2v) is 8.13. The van der Waals surface area contributed by atoms with Crippen molar-refractivity contribution in [3.8, 4) is 17.2 Å². The van der Waals surface area contributed by atoms with Crippen molar-refractivity contribution in [2.45, 2.75) is 23.8 Å². The van der Waals surface area contributed by atoms with Gasteiger partial charge in [0, 0.05) is 12.8 Å². The number of rotatable bonds is 9. The third-order valence-electron chi connectivity index (χ3n) is 4.84. The van der Waals surface area contributed by atoms with E-state index in [4.69, 9.17) is 14.2 Å². The Morgan fingerprint density at radius 2 is 2.00 bits per heavy atom. The average molecular weight is 440 g/mol. The van der Waals surface area contributed by atoms with Crippen LogP contribution >= 0.6 is 11.8 Å². The summed E-state index contributed by atoms with van der Waals surface area (Å²) in [4.78, 5) is 0. The lowest BCUT2D eigenvalue weighted by molar-refractivity contribution is 0.0825. The third-order valence-corrected chi connectivity index (χ3v) is 6.00. The summed E-state index contributed by atoms with van der Waals surface area (Å²) in [7, 11) is 1.88. The van der Waals surface area contributed by atoms with Gasteiger partial charge in [-0.2, -0.15) is 0 Å². The highest BCUT2D eigenvalue weighted by Crippen LogP contribution is 2.35. The molecule has 0 fully saturated rings. The largest absolute Gasteiger partial charge is 0.491 e. The Morgan fingerprint density at radius 3 is 2.84 bits per heavy atom. The lowest BCUT2D eigenvalue weighted by atomic mass is 10.1. The van der Waals surface area contributed by atoms with Crippen LogP contribution < -0.4 is 14.2 Å². The zero-order chi connectivity index (χ0) is 21.6. The molecule has 2 aromatic carbocycles. The van der Waals surface area contributed by atoms with E-state index in [1.807, 2.05) is 66.2 Å². The predicted octanol–water partition coefficient (Wildman–Crippen LogP) is 3.59. The number of ether oxygens (including phenoxy) is 3. The van der Waals surface area contributed by atoms with Gasteiger partial charge in [0.05, 0.1) is 6.10 Å². The van der Waals surface area contributed by atoms with E-state index in [0.29, 0.717) is 29.1 Å². The van der Waals surface area contributed by atoms with Crippen LogP contribution in [0.15, 0.2) is 66.3 Å². The van der Waals surface area contributed by atoms with Gasteiger partial charge < -0.3 is 23.9 Å². The topological polar surface area (TPSA) is 78.6 Å². The molecule has 0 bridgehead atoms. The second-order valence-electron chi connectivity index (χ2n) is 7.14. The molecule has 3 aromatic rings. The van der Waals surface area contributed by atoms with Crippen LogP contribution in [0.2, 0.25) is 0 Å². The second kappa shape index (κ2) is 9.89. The molecule has 0 amide bonds. The lowest BCUT2D eigenvalue weighted by Gasteiger charge is -2.25. The number of aliphatic hydroxyl groups excluding tert-OH is 1. The van der Waals surface area contributed by atoms with Gasteiger partial charge in [0.25, 0.3) is 0 Å². The van der Waals surface area contributed by atoms with Crippen LogP contribution in [0.5, 0.6) is 17.2 Å². The lowest BCUT2D eigenvalue weighted by Crippen LogP contribution is -2.24. The molecule has 0 saturated heterocycles. The molecule has 1 aromatic heterocycles. The van der Waals surface area contributed by atoms with Crippen LogP contribution in [0.3, 0.4) is 0 Å². The van der Waals surface area contributed by atoms with Crippen LogP contribution in [0, 0.1) is 0 Å². The number of aliphatic hydroxyl groups is 1. The molecule has 0 saturated carbocycles. The number of thioether (sulfide) groups is 1. The molecule has 8 heteroatoms. The Balaban J connectivity index is 1.32. The van der Waals surface area contributed by atoms with Gasteiger partial charge >= 0.3 is 0 Å². The molecular weight excluding hydrogens is 414 g/mol. The smallest absolute Gasteiger partial charge is 0.192 e. The summed E-state index contributed by atoms with van der Waals surface area (Å²) in [5.41, 5.74) is 1.05. The molecular formula is C23H25N3O4S. The Labute approximate surface area is 185 Å². The molecule has 2 heterocycles. The van der Waals surface area contributed by atoms with Crippen molar-refractivity contribution >= 4 is 11.8 Å². The van der Waals surface area contributed by atoms with Crippen LogP contribution in [0.25, 0.3) is 0 Å². The SMILES string of the molecule is C=CCc1ccccc1OCC(O)CSc1nnc(C2COc3ccccc3O2)n1C. The molecule has 1 N–H and O–H groups in total. The minimum atomic E-state index is -0.650. The molecule has 162 valence electrons. The van der Waals surface area contributed by atoms with Gasteiger partial charge in [-0.05, 0) is 30.2 Å². The Bertz CT molecular complexity index is 1040. The highest BCUT2D eigenvalue weighted by atomic mass is 32.2. The summed E-state index contributed by atoms with van der Waals surface area (Å²) in [5, 5.41) is 19.6. The summed E-state index contributed by atoms with van der Waals surface area (Å²) >= 11 is 1.42. The van der Waals surface area contributed by atoms with Crippen molar-refractivity contribution in [2.75, 3.05) is 19.0 Å². The van der Waals surface area contributed by atoms with Gasteiger partial charge in [-0.1, -0.05) is 48.2 Å². The minimum absolute atomic E-state index is 0.197. The fourth-order valence-electron chi connectivity index (χ4n) is 3.25. The van der Waals surface area contributed by atoms with Crippen LogP contribution in [0.4, 0.5) is 0 Å². The zero-order valence-electron chi connectivity index (χ0n) is 17.3. The number of nitrogens with zero attached hydrogens (tertiary/aromatic N) is 3. The van der Waals surface area contributed by atoms with E-state index in [-0.39, 0.29) is 12.7 Å². The Kier molecular flexibility index (Phi) is 6.79. The molecule has 1 aliphatic heterocycles. The zero-order valence-corrected chi connectivity index (χ0v) is 18.1. The van der Waals surface area contributed by atoms with Gasteiger partial charge in [0.2, 0.25) is 0 Å². The number of aromatic nitrogens is 3. The number of para-hydroxylation sites is 3. The van der Waals surface area contributed by atoms with Crippen LogP contribution in [0.1, 0.15) is 17.5 Å². The molecule has 1 aliphatic rings. The first-order chi connectivity index (χ1) is 15.2. The highest BCUT2D eigenvalue weighted by molar-refractivity contribution is 7.99. The minimum Gasteiger partial charge on any atom is -0.491 e. The van der Waals surface area contributed by atoms with E-state index in [2.05, 4.69) is 16.8 Å². The average Bonchev–Trinajstić information content (AvgIpc) is 3.17. The highest BCUT2D eigenvalue weighted by Gasteiger charge is 2.27. The van der Waals surface area contributed by atoms with E-state index in [1.54, 1.807) is 0 Å². The maximum atomic E-state index is 10.4. The molecule has 7 nitrogen and oxygen atoms in total. The van der Waals surface area contributed by atoms with E-state index in [1.165, 1.54) is 11.8 Å². The summed E-state index contributed by atoms with van der Waals surface area (Å²) in [6.45, 7) is 4.34. The van der Waals surface area contributed by atoms with Crippen molar-refractivity contribution in [2.24, 2.45) is 7.05 Å². The van der Waals surface area contributed by atoms with Gasteiger partial charge in [-0.3, -0.25) is 0 Å². The fraction of sp³-hybridized carbons (Fsp3) is 0.304. The van der Waals surface area contributed by atoms with E-state index < -0.39 is 6.10 Å². The molecule has 0 spiro atoms. The van der Waals surface area contributed by atoms with E-state index >= 15 is 0 Å². The Hall–Kier alpha value is -2.97. The quantitative estimate of drug-likeness (QED) is 0.403. The first-order valence-corrected chi connectivity index (χ1v) is 11.0. The maximum absolute atomic E-state index is 10.4. The van der Waals surface area contributed by atoms with Crippen LogP contribution in [-0.4, -0.2) is 44.9 Å². The summed E-state index contributed by atoms with van der Waals surface area (Å²) in [6.07, 6.45) is 1.57. The van der Waals surface area contributed by atoms with Crippen molar-refractivity contribution < 1.29 is 19.3 Å². The first kappa shape index (κ1) is 21.3. The summed E-state index contributed by atoms with van der Waals surface area (Å²) in [5.74, 6) is 3.30. The van der Waals surface area contributed by atoms with E-state index in [9.17, 15) is 5.11 Å². The number of benzene rings is 2. The van der Waals surface area contributed by atoms with Gasteiger partial charge in [0.15, 0.2) is 28.6 Å². The number of fused-ring (bicyclic) bond motifs is 1. The maximum Gasteiger partial charge on any atom is 0.192 e. The van der Waals surface area contributed by atoms with Gasteiger partial charge in [-0.25, -0.2) is 0 Å². The number of hydrogen-bond donors (Lipinski definition) is 1. The van der Waals surface area contributed by atoms with E-state index in [0.717, 1.165) is 23.5 Å². The summed E-state index contributed by atoms with van der Waals surface area (Å²) in [6, 6.07) is 15.3. The van der Waals surface area contributed by atoms with Crippen molar-refractivity contribution in [3.05, 3.63) is 72.6 Å². The molecule has 0 radical (unpaired) electrons. The molecule has 2 unspecified atom stereocenters. The normalized spacial score (nSPS) is 16.0. The van der Waals surface area contributed by atoms with Gasteiger partial charge in [0.1, 0.15) is 19.0 Å². The Morgan fingerprint density at radius 1 is 1.23 bits per heavy atom. The monoisotopic (exact) mass is 439 g/mol. The third kappa shape index (κ3) is 5.03. The van der Waals surface area contributed by atoms with Crippen molar-refractivity contribution in [1.82, 2.24) is 14.8 Å². The van der Waals surface area contributed by atoms with Crippen LogP contribution in [-0.2, 0) is 13.5 Å². The number of hydrogen-bond acceptors (Lipinski definition) is 7. The molecule has 0 aliphatic carbocycles. The summed E-state index contributed by atoms with van der Waals surface area (Å²) < 4.78 is 19.5. The standard InChI is InChI=1S/C23H25N3O4S/c1-3-8-16-9-4-5-10-18(16)28-13-17(27)15-31-23-25-24-22(26(23)2)21-14-29-19-11-6-7-12-20(19)30-21/h3-7,9-12,17,21,27H,1,8,13-15H2,2H3. The van der Waals surface area contributed by atoms with Crippen molar-refractivity contribution in [1.29, 1.82) is 0 Å². The fourth-order valence-corrected chi connectivity index (χ4v) is 4.08. The predicted molar refractivity (Wildman–Crippen MR) is 119 cm³/mol. The van der Waals surface area contributed by atoms with Crippen molar-refractivity contribution in [3.63, 3.8) is 0 Å².